The van der Waals surface area contributed by atoms with E-state index in [4.69, 9.17) is 11.1 Å². The van der Waals surface area contributed by atoms with Crippen molar-refractivity contribution in [2.24, 2.45) is 11.7 Å². The molecule has 0 radical (unpaired) electrons. The van der Waals surface area contributed by atoms with Crippen LogP contribution in [-0.2, 0) is 6.54 Å². The van der Waals surface area contributed by atoms with Crippen molar-refractivity contribution in [3.05, 3.63) is 29.6 Å². The number of nitrogens with zero attached hydrogens (tertiary/aromatic N) is 2. The molecule has 0 atom stereocenters. The van der Waals surface area contributed by atoms with E-state index < -0.39 is 0 Å². The Bertz CT molecular complexity index is 436. The van der Waals surface area contributed by atoms with Gasteiger partial charge < -0.3 is 5.73 Å². The molecule has 0 unspecified atom stereocenters. The van der Waals surface area contributed by atoms with E-state index in [-0.39, 0.29) is 5.84 Å². The molecule has 1 aliphatic rings. The van der Waals surface area contributed by atoms with Gasteiger partial charge in [0.25, 0.3) is 0 Å². The van der Waals surface area contributed by atoms with Crippen molar-refractivity contribution in [3.63, 3.8) is 0 Å². The van der Waals surface area contributed by atoms with Gasteiger partial charge in [0.05, 0.1) is 0 Å². The number of aromatic nitrogens is 1. The summed E-state index contributed by atoms with van der Waals surface area (Å²) < 4.78 is 0. The predicted molar refractivity (Wildman–Crippen MR) is 78.1 cm³/mol. The monoisotopic (exact) mass is 260 g/mol. The first kappa shape index (κ1) is 14.0. The van der Waals surface area contributed by atoms with Crippen LogP contribution in [0.15, 0.2) is 18.3 Å². The fraction of sp³-hybridized carbons (Fsp3) is 0.600. The number of rotatable bonds is 4. The molecule has 0 aromatic carbocycles. The van der Waals surface area contributed by atoms with E-state index in [1.54, 1.807) is 6.20 Å². The smallest absolute Gasteiger partial charge is 0.142 e. The SMILES string of the molecule is CC1CCC(N(C)Cc2cccnc2C(=N)N)CC1. The lowest BCUT2D eigenvalue weighted by Crippen LogP contribution is -2.35. The Kier molecular flexibility index (Phi) is 4.53. The highest BCUT2D eigenvalue weighted by molar-refractivity contribution is 5.94. The zero-order chi connectivity index (χ0) is 13.8. The van der Waals surface area contributed by atoms with Crippen LogP contribution in [0.1, 0.15) is 43.9 Å². The minimum atomic E-state index is 0.0567. The Hall–Kier alpha value is -1.42. The van der Waals surface area contributed by atoms with Gasteiger partial charge in [-0.05, 0) is 50.3 Å². The molecule has 3 N–H and O–H groups in total. The minimum Gasteiger partial charge on any atom is -0.382 e. The lowest BCUT2D eigenvalue weighted by atomic mass is 9.86. The summed E-state index contributed by atoms with van der Waals surface area (Å²) in [6, 6.07) is 4.58. The van der Waals surface area contributed by atoms with Crippen LogP contribution in [0.3, 0.4) is 0 Å². The van der Waals surface area contributed by atoms with Crippen molar-refractivity contribution in [3.8, 4) is 0 Å². The topological polar surface area (TPSA) is 66.0 Å². The van der Waals surface area contributed by atoms with Gasteiger partial charge in [0.1, 0.15) is 11.5 Å². The summed E-state index contributed by atoms with van der Waals surface area (Å²) in [5.41, 5.74) is 7.26. The predicted octanol–water partition coefficient (Wildman–Crippen LogP) is 2.38. The zero-order valence-corrected chi connectivity index (χ0v) is 11.9. The first-order chi connectivity index (χ1) is 9.08. The maximum atomic E-state index is 7.59. The number of amidine groups is 1. The van der Waals surface area contributed by atoms with E-state index in [1.807, 2.05) is 12.1 Å². The van der Waals surface area contributed by atoms with Crippen LogP contribution in [0.25, 0.3) is 0 Å². The first-order valence-corrected chi connectivity index (χ1v) is 7.06. The van der Waals surface area contributed by atoms with Gasteiger partial charge in [0, 0.05) is 18.8 Å². The van der Waals surface area contributed by atoms with Crippen LogP contribution in [-0.4, -0.2) is 28.8 Å². The van der Waals surface area contributed by atoms with Gasteiger partial charge in [-0.15, -0.1) is 0 Å². The average molecular weight is 260 g/mol. The van der Waals surface area contributed by atoms with Gasteiger partial charge in [0.15, 0.2) is 0 Å². The minimum absolute atomic E-state index is 0.0567. The normalized spacial score (nSPS) is 23.5. The highest BCUT2D eigenvalue weighted by Crippen LogP contribution is 2.27. The van der Waals surface area contributed by atoms with Crippen LogP contribution in [0.2, 0.25) is 0 Å². The molecule has 0 spiro atoms. The van der Waals surface area contributed by atoms with Crippen LogP contribution >= 0.6 is 0 Å². The maximum Gasteiger partial charge on any atom is 0.142 e. The van der Waals surface area contributed by atoms with Crippen LogP contribution < -0.4 is 5.73 Å². The molecule has 0 amide bonds. The molecule has 1 aliphatic carbocycles. The Morgan fingerprint density at radius 3 is 2.74 bits per heavy atom. The third kappa shape index (κ3) is 3.53. The third-order valence-corrected chi connectivity index (χ3v) is 4.17. The summed E-state index contributed by atoms with van der Waals surface area (Å²) >= 11 is 0. The van der Waals surface area contributed by atoms with Gasteiger partial charge in [-0.25, -0.2) is 0 Å². The molecule has 4 nitrogen and oxygen atoms in total. The summed E-state index contributed by atoms with van der Waals surface area (Å²) in [6.45, 7) is 3.16. The first-order valence-electron chi connectivity index (χ1n) is 7.06. The van der Waals surface area contributed by atoms with Crippen molar-refractivity contribution in [1.82, 2.24) is 9.88 Å². The third-order valence-electron chi connectivity index (χ3n) is 4.17. The molecule has 1 aromatic heterocycles. The molecule has 19 heavy (non-hydrogen) atoms. The summed E-state index contributed by atoms with van der Waals surface area (Å²) in [6.07, 6.45) is 6.88. The van der Waals surface area contributed by atoms with Crippen LogP contribution in [0, 0.1) is 11.3 Å². The highest BCUT2D eigenvalue weighted by atomic mass is 15.1. The Morgan fingerprint density at radius 2 is 2.11 bits per heavy atom. The summed E-state index contributed by atoms with van der Waals surface area (Å²) in [5.74, 6) is 0.928. The lowest BCUT2D eigenvalue weighted by molar-refractivity contribution is 0.163. The van der Waals surface area contributed by atoms with Crippen LogP contribution in [0.4, 0.5) is 0 Å². The fourth-order valence-electron chi connectivity index (χ4n) is 2.89. The van der Waals surface area contributed by atoms with Gasteiger partial charge in [-0.3, -0.25) is 15.3 Å². The number of pyridine rings is 1. The summed E-state index contributed by atoms with van der Waals surface area (Å²) in [4.78, 5) is 6.60. The van der Waals surface area contributed by atoms with E-state index in [1.165, 1.54) is 25.7 Å². The molecule has 1 fully saturated rings. The summed E-state index contributed by atoms with van der Waals surface area (Å²) in [7, 11) is 2.16. The number of hydrogen-bond acceptors (Lipinski definition) is 3. The van der Waals surface area contributed by atoms with Gasteiger partial charge >= 0.3 is 0 Å². The van der Waals surface area contributed by atoms with Gasteiger partial charge in [0.2, 0.25) is 0 Å². The molecule has 104 valence electrons. The Labute approximate surface area is 115 Å². The van der Waals surface area contributed by atoms with E-state index in [2.05, 4.69) is 23.9 Å². The lowest BCUT2D eigenvalue weighted by Gasteiger charge is -2.33. The molecule has 2 rings (SSSR count). The van der Waals surface area contributed by atoms with Crippen molar-refractivity contribution < 1.29 is 0 Å². The average Bonchev–Trinajstić information content (AvgIpc) is 2.39. The second-order valence-corrected chi connectivity index (χ2v) is 5.75. The number of nitrogen functional groups attached to an aromatic ring is 1. The van der Waals surface area contributed by atoms with Crippen molar-refractivity contribution in [1.29, 1.82) is 5.41 Å². The molecule has 1 heterocycles. The fourth-order valence-corrected chi connectivity index (χ4v) is 2.89. The maximum absolute atomic E-state index is 7.59. The second kappa shape index (κ2) is 6.15. The van der Waals surface area contributed by atoms with Gasteiger partial charge in [-0.2, -0.15) is 0 Å². The molecule has 4 heteroatoms. The van der Waals surface area contributed by atoms with Crippen molar-refractivity contribution >= 4 is 5.84 Å². The quantitative estimate of drug-likeness (QED) is 0.645. The summed E-state index contributed by atoms with van der Waals surface area (Å²) in [5, 5.41) is 7.59. The Morgan fingerprint density at radius 1 is 1.42 bits per heavy atom. The number of nitrogens with two attached hydrogens (primary N) is 1. The molecule has 0 aliphatic heterocycles. The molecule has 0 saturated heterocycles. The van der Waals surface area contributed by atoms with E-state index in [9.17, 15) is 0 Å². The molecule has 0 bridgehead atoms. The van der Waals surface area contributed by atoms with E-state index >= 15 is 0 Å². The molecular weight excluding hydrogens is 236 g/mol. The van der Waals surface area contributed by atoms with Crippen molar-refractivity contribution in [2.45, 2.75) is 45.2 Å². The number of hydrogen-bond donors (Lipinski definition) is 2. The zero-order valence-electron chi connectivity index (χ0n) is 11.9. The largest absolute Gasteiger partial charge is 0.382 e. The number of nitrogens with one attached hydrogen (secondary N) is 1. The van der Waals surface area contributed by atoms with E-state index in [0.29, 0.717) is 11.7 Å². The Balaban J connectivity index is 2.02. The van der Waals surface area contributed by atoms with Gasteiger partial charge in [-0.1, -0.05) is 13.0 Å². The standard InChI is InChI=1S/C15H24N4/c1-11-5-7-13(8-6-11)19(2)10-12-4-3-9-18-14(12)15(16)17/h3-4,9,11,13H,5-8,10H2,1-2H3,(H3,16,17). The van der Waals surface area contributed by atoms with Crippen molar-refractivity contribution in [2.75, 3.05) is 7.05 Å². The second-order valence-electron chi connectivity index (χ2n) is 5.75. The van der Waals surface area contributed by atoms with E-state index in [0.717, 1.165) is 18.0 Å². The molecule has 1 saturated carbocycles. The molecule has 1 aromatic rings. The van der Waals surface area contributed by atoms with Crippen LogP contribution in [0.5, 0.6) is 0 Å². The highest BCUT2D eigenvalue weighted by Gasteiger charge is 2.22. The molecular formula is C15H24N4.